The quantitative estimate of drug-likeness (QED) is 0.802. The van der Waals surface area contributed by atoms with E-state index < -0.39 is 11.4 Å². The van der Waals surface area contributed by atoms with Gasteiger partial charge in [-0.3, -0.25) is 4.90 Å². The van der Waals surface area contributed by atoms with Gasteiger partial charge in [-0.2, -0.15) is 4.72 Å². The molecule has 0 aromatic heterocycles. The smallest absolute Gasteiger partial charge is 0.360 e. The van der Waals surface area contributed by atoms with Crippen molar-refractivity contribution < 1.29 is 9.35 Å². The van der Waals surface area contributed by atoms with Crippen molar-refractivity contribution in [3.8, 4) is 0 Å². The van der Waals surface area contributed by atoms with Crippen LogP contribution < -0.4 is 10.0 Å². The Morgan fingerprint density at radius 2 is 1.75 bits per heavy atom. The van der Waals surface area contributed by atoms with Gasteiger partial charge in [-0.15, -0.1) is 0 Å². The molecule has 2 N–H and O–H groups in total. The van der Waals surface area contributed by atoms with E-state index in [1.807, 2.05) is 0 Å². The minimum absolute atomic E-state index is 0.327. The summed E-state index contributed by atoms with van der Waals surface area (Å²) in [5.74, 6) is 0.498. The fourth-order valence-electron chi connectivity index (χ4n) is 4.08. The van der Waals surface area contributed by atoms with Crippen molar-refractivity contribution in [1.82, 2.24) is 9.62 Å². The van der Waals surface area contributed by atoms with Crippen molar-refractivity contribution in [1.29, 1.82) is 0 Å². The fraction of sp³-hybridized carbons (Fsp3) is 0.611. The second-order valence-electron chi connectivity index (χ2n) is 7.04. The lowest BCUT2D eigenvalue weighted by Gasteiger charge is -2.30. The van der Waals surface area contributed by atoms with Crippen LogP contribution in [0.4, 0.5) is 10.5 Å². The van der Waals surface area contributed by atoms with E-state index in [4.69, 9.17) is 0 Å². The Labute approximate surface area is 146 Å². The third kappa shape index (κ3) is 3.27. The van der Waals surface area contributed by atoms with Gasteiger partial charge < -0.3 is 9.87 Å². The molecule has 1 atom stereocenters. The molecule has 0 spiro atoms. The molecule has 1 aliphatic heterocycles. The molecular weight excluding hydrogens is 322 g/mol. The molecule has 1 aromatic carbocycles. The normalized spacial score (nSPS) is 20.2. The van der Waals surface area contributed by atoms with Crippen LogP contribution in [-0.2, 0) is 37.0 Å². The predicted molar refractivity (Wildman–Crippen MR) is 96.7 cm³/mol. The molecule has 2 aliphatic carbocycles. The van der Waals surface area contributed by atoms with Crippen LogP contribution in [-0.4, -0.2) is 40.9 Å². The highest BCUT2D eigenvalue weighted by Crippen LogP contribution is 2.38. The molecule has 0 saturated carbocycles. The molecule has 1 aromatic rings. The average Bonchev–Trinajstić information content (AvgIpc) is 3.13. The summed E-state index contributed by atoms with van der Waals surface area (Å²) in [4.78, 5) is 14.6. The molecule has 2 amide bonds. The van der Waals surface area contributed by atoms with Crippen LogP contribution in [0.5, 0.6) is 0 Å². The van der Waals surface area contributed by atoms with Gasteiger partial charge >= 0.3 is 6.03 Å². The van der Waals surface area contributed by atoms with Gasteiger partial charge in [0.05, 0.1) is 11.4 Å². The highest BCUT2D eigenvalue weighted by atomic mass is 32.2. The Morgan fingerprint density at radius 1 is 1.08 bits per heavy atom. The monoisotopic (exact) mass is 347 g/mol. The van der Waals surface area contributed by atoms with Crippen molar-refractivity contribution in [2.45, 2.75) is 44.9 Å². The number of hydrogen-bond acceptors (Lipinski definition) is 3. The van der Waals surface area contributed by atoms with Gasteiger partial charge in [0.1, 0.15) is 5.75 Å². The molecule has 130 valence electrons. The van der Waals surface area contributed by atoms with Gasteiger partial charge in [-0.1, -0.05) is 6.07 Å². The van der Waals surface area contributed by atoms with Crippen LogP contribution >= 0.6 is 0 Å². The molecule has 0 bridgehead atoms. The minimum atomic E-state index is -1.31. The largest absolute Gasteiger partial charge is 0.593 e. The zero-order valence-electron chi connectivity index (χ0n) is 14.0. The Morgan fingerprint density at radius 3 is 2.33 bits per heavy atom. The van der Waals surface area contributed by atoms with E-state index in [1.165, 1.54) is 28.7 Å². The van der Waals surface area contributed by atoms with E-state index in [1.54, 1.807) is 0 Å². The van der Waals surface area contributed by atoms with Crippen LogP contribution in [0.2, 0.25) is 0 Å². The van der Waals surface area contributed by atoms with E-state index in [9.17, 15) is 9.35 Å². The second-order valence-corrected chi connectivity index (χ2v) is 8.34. The number of amides is 2. The molecule has 1 heterocycles. The number of aryl methyl sites for hydroxylation is 2. The van der Waals surface area contributed by atoms with Gasteiger partial charge in [0, 0.05) is 12.2 Å². The van der Waals surface area contributed by atoms with E-state index in [0.29, 0.717) is 5.75 Å². The van der Waals surface area contributed by atoms with Crippen LogP contribution in [0.15, 0.2) is 6.07 Å². The number of anilines is 1. The number of urea groups is 1. The first-order valence-corrected chi connectivity index (χ1v) is 10.4. The Bertz CT molecular complexity index is 613. The maximum atomic E-state index is 12.3. The first-order chi connectivity index (χ1) is 11.7. The van der Waals surface area contributed by atoms with Crippen molar-refractivity contribution in [2.24, 2.45) is 0 Å². The zero-order chi connectivity index (χ0) is 16.5. The number of carbonyl (C=O) groups is 1. The number of nitrogens with one attached hydrogen (secondary N) is 2. The molecule has 3 aliphatic rings. The summed E-state index contributed by atoms with van der Waals surface area (Å²) in [5.41, 5.74) is 6.40. The van der Waals surface area contributed by atoms with Gasteiger partial charge in [0.2, 0.25) is 0 Å². The van der Waals surface area contributed by atoms with Crippen molar-refractivity contribution >= 4 is 23.1 Å². The molecule has 1 saturated heterocycles. The standard InChI is InChI=1S/C18H25N3O2S/c22-18(20-24(23)11-10-21-8-3-9-21)19-17-15-6-1-4-13(15)12-14-5-2-7-16(14)17/h12H,1-11H2,(H2,19,20,22). The second kappa shape index (κ2) is 6.94. The molecule has 0 radical (unpaired) electrons. The van der Waals surface area contributed by atoms with Crippen LogP contribution in [0, 0.1) is 0 Å². The molecule has 1 unspecified atom stereocenters. The van der Waals surface area contributed by atoms with Crippen LogP contribution in [0.3, 0.4) is 0 Å². The van der Waals surface area contributed by atoms with Gasteiger partial charge in [0.15, 0.2) is 0 Å². The number of nitrogens with zero attached hydrogens (tertiary/aromatic N) is 1. The highest BCUT2D eigenvalue weighted by molar-refractivity contribution is 7.90. The average molecular weight is 347 g/mol. The van der Waals surface area contributed by atoms with Crippen LogP contribution in [0.25, 0.3) is 0 Å². The third-order valence-electron chi connectivity index (χ3n) is 5.46. The molecular formula is C18H25N3O2S. The third-order valence-corrected chi connectivity index (χ3v) is 6.43. The summed E-state index contributed by atoms with van der Waals surface area (Å²) >= 11 is -1.31. The molecule has 5 nitrogen and oxygen atoms in total. The minimum Gasteiger partial charge on any atom is -0.593 e. The highest BCUT2D eigenvalue weighted by Gasteiger charge is 2.26. The van der Waals surface area contributed by atoms with Crippen molar-refractivity contribution in [3.63, 3.8) is 0 Å². The van der Waals surface area contributed by atoms with Crippen LogP contribution in [0.1, 0.15) is 41.5 Å². The number of rotatable bonds is 5. The summed E-state index contributed by atoms with van der Waals surface area (Å²) in [6, 6.07) is 2.02. The van der Waals surface area contributed by atoms with Gasteiger partial charge in [-0.25, -0.2) is 4.79 Å². The Balaban J connectivity index is 1.40. The topological polar surface area (TPSA) is 67.4 Å². The fourth-order valence-corrected chi connectivity index (χ4v) is 4.86. The summed E-state index contributed by atoms with van der Waals surface area (Å²) in [6.45, 7) is 2.97. The van der Waals surface area contributed by atoms with Gasteiger partial charge in [-0.05, 0) is 80.3 Å². The van der Waals surface area contributed by atoms with E-state index in [-0.39, 0.29) is 6.03 Å². The summed E-state index contributed by atoms with van der Waals surface area (Å²) in [6.07, 6.45) is 7.85. The SMILES string of the molecule is O=C(Nc1c2c(cc3c1CCC3)CCC2)N[S+]([O-])CCN1CCC1. The summed E-state index contributed by atoms with van der Waals surface area (Å²) in [5, 5.41) is 3.03. The number of benzene rings is 1. The first kappa shape index (κ1) is 16.2. The molecule has 4 rings (SSSR count). The molecule has 6 heteroatoms. The maximum Gasteiger partial charge on any atom is 0.360 e. The molecule has 24 heavy (non-hydrogen) atoms. The van der Waals surface area contributed by atoms with E-state index >= 15 is 0 Å². The zero-order valence-corrected chi connectivity index (χ0v) is 14.8. The lowest BCUT2D eigenvalue weighted by Crippen LogP contribution is -2.43. The Hall–Kier alpha value is -1.24. The lowest BCUT2D eigenvalue weighted by molar-refractivity contribution is 0.193. The Kier molecular flexibility index (Phi) is 4.70. The molecule has 1 fully saturated rings. The summed E-state index contributed by atoms with van der Waals surface area (Å²) < 4.78 is 14.7. The van der Waals surface area contributed by atoms with Crippen molar-refractivity contribution in [3.05, 3.63) is 28.3 Å². The van der Waals surface area contributed by atoms with Gasteiger partial charge in [0.25, 0.3) is 0 Å². The maximum absolute atomic E-state index is 12.3. The number of carbonyl (C=O) groups excluding carboxylic acids is 1. The first-order valence-electron chi connectivity index (χ1n) is 9.05. The van der Waals surface area contributed by atoms with E-state index in [2.05, 4.69) is 21.0 Å². The van der Waals surface area contributed by atoms with Crippen molar-refractivity contribution in [2.75, 3.05) is 30.7 Å². The van der Waals surface area contributed by atoms with E-state index in [0.717, 1.165) is 63.8 Å². The number of hydrogen-bond donors (Lipinski definition) is 2. The summed E-state index contributed by atoms with van der Waals surface area (Å²) in [7, 11) is 0. The lowest BCUT2D eigenvalue weighted by atomic mass is 9.99. The predicted octanol–water partition coefficient (Wildman–Crippen LogP) is 2.15. The number of likely N-dealkylation sites (tertiary alicyclic amines) is 1. The number of fused-ring (bicyclic) bond motifs is 2.